The number of esters is 1. The molecule has 0 radical (unpaired) electrons. The maximum atomic E-state index is 12.3. The Kier molecular flexibility index (Phi) is 6.07. The summed E-state index contributed by atoms with van der Waals surface area (Å²) >= 11 is 0. The first-order valence-corrected chi connectivity index (χ1v) is 9.21. The number of nitrogens with zero attached hydrogens (tertiary/aromatic N) is 1. The molecule has 7 nitrogen and oxygen atoms in total. The molecule has 7 heteroatoms. The van der Waals surface area contributed by atoms with Crippen molar-refractivity contribution in [2.24, 2.45) is 0 Å². The fourth-order valence-corrected chi connectivity index (χ4v) is 3.16. The number of hydrogen-bond donors (Lipinski definition) is 0. The molecule has 29 heavy (non-hydrogen) atoms. The van der Waals surface area contributed by atoms with Gasteiger partial charge in [0.05, 0.1) is 18.2 Å². The molecule has 1 aliphatic rings. The average Bonchev–Trinajstić information content (AvgIpc) is 2.97. The lowest BCUT2D eigenvalue weighted by molar-refractivity contribution is -0.145. The molecule has 0 fully saturated rings. The molecule has 0 unspecified atom stereocenters. The van der Waals surface area contributed by atoms with Crippen molar-refractivity contribution in [2.45, 2.75) is 26.4 Å². The van der Waals surface area contributed by atoms with E-state index in [9.17, 15) is 19.2 Å². The standard InChI is InChI=1S/C22H21NO6/c1-14(24)15-9-10-19(28-2)16(12-15)13-29-20(25)8-5-11-23-21(26)17-6-3-4-7-18(17)22(23)27/h3-4,6-7,9-10,12H,5,8,11,13H2,1-2H3. The normalized spacial score (nSPS) is 12.7. The van der Waals surface area contributed by atoms with Crippen LogP contribution in [0.2, 0.25) is 0 Å². The summed E-state index contributed by atoms with van der Waals surface area (Å²) in [5.41, 5.74) is 1.87. The van der Waals surface area contributed by atoms with Crippen LogP contribution in [0.1, 0.15) is 56.4 Å². The minimum absolute atomic E-state index is 0.0316. The van der Waals surface area contributed by atoms with E-state index < -0.39 is 5.97 Å². The average molecular weight is 395 g/mol. The van der Waals surface area contributed by atoms with Gasteiger partial charge in [0.2, 0.25) is 0 Å². The number of benzene rings is 2. The second-order valence-corrected chi connectivity index (χ2v) is 6.65. The van der Waals surface area contributed by atoms with Crippen molar-refractivity contribution in [3.63, 3.8) is 0 Å². The number of methoxy groups -OCH3 is 1. The molecule has 3 rings (SSSR count). The van der Waals surface area contributed by atoms with Gasteiger partial charge in [0.1, 0.15) is 12.4 Å². The Balaban J connectivity index is 1.52. The molecule has 150 valence electrons. The van der Waals surface area contributed by atoms with Gasteiger partial charge < -0.3 is 9.47 Å². The zero-order chi connectivity index (χ0) is 21.0. The van der Waals surface area contributed by atoms with Crippen LogP contribution in [-0.4, -0.2) is 42.1 Å². The zero-order valence-electron chi connectivity index (χ0n) is 16.3. The van der Waals surface area contributed by atoms with Gasteiger partial charge in [0.15, 0.2) is 5.78 Å². The Bertz CT molecular complexity index is 946. The highest BCUT2D eigenvalue weighted by Crippen LogP contribution is 2.23. The second kappa shape index (κ2) is 8.68. The van der Waals surface area contributed by atoms with E-state index >= 15 is 0 Å². The maximum absolute atomic E-state index is 12.3. The minimum Gasteiger partial charge on any atom is -0.496 e. The Morgan fingerprint density at radius 2 is 1.66 bits per heavy atom. The fourth-order valence-electron chi connectivity index (χ4n) is 3.16. The number of imide groups is 1. The van der Waals surface area contributed by atoms with Crippen molar-refractivity contribution in [3.8, 4) is 5.75 Å². The summed E-state index contributed by atoms with van der Waals surface area (Å²) < 4.78 is 10.5. The summed E-state index contributed by atoms with van der Waals surface area (Å²) in [5.74, 6) is -0.721. The Morgan fingerprint density at radius 1 is 1.00 bits per heavy atom. The predicted molar refractivity (Wildman–Crippen MR) is 104 cm³/mol. The maximum Gasteiger partial charge on any atom is 0.306 e. The van der Waals surface area contributed by atoms with Crippen LogP contribution in [0.25, 0.3) is 0 Å². The van der Waals surface area contributed by atoms with Gasteiger partial charge in [-0.25, -0.2) is 0 Å². The largest absolute Gasteiger partial charge is 0.496 e. The van der Waals surface area contributed by atoms with Gasteiger partial charge >= 0.3 is 5.97 Å². The van der Waals surface area contributed by atoms with Crippen LogP contribution >= 0.6 is 0 Å². The lowest BCUT2D eigenvalue weighted by Crippen LogP contribution is -2.31. The molecule has 0 aliphatic carbocycles. The summed E-state index contributed by atoms with van der Waals surface area (Å²) in [6, 6.07) is 11.6. The number of ketones is 1. The molecule has 0 spiro atoms. The third-order valence-electron chi connectivity index (χ3n) is 4.72. The van der Waals surface area contributed by atoms with E-state index in [0.29, 0.717) is 34.4 Å². The van der Waals surface area contributed by atoms with Gasteiger partial charge in [0.25, 0.3) is 11.8 Å². The van der Waals surface area contributed by atoms with Crippen LogP contribution in [0.5, 0.6) is 5.75 Å². The van der Waals surface area contributed by atoms with Gasteiger partial charge in [-0.05, 0) is 43.7 Å². The van der Waals surface area contributed by atoms with Crippen LogP contribution in [0.15, 0.2) is 42.5 Å². The van der Waals surface area contributed by atoms with E-state index in [1.54, 1.807) is 42.5 Å². The smallest absolute Gasteiger partial charge is 0.306 e. The SMILES string of the molecule is COc1ccc(C(C)=O)cc1COC(=O)CCCN1C(=O)c2ccccc2C1=O. The molecular formula is C22H21NO6. The first kappa shape index (κ1) is 20.3. The highest BCUT2D eigenvalue weighted by molar-refractivity contribution is 6.21. The van der Waals surface area contributed by atoms with Gasteiger partial charge in [-0.15, -0.1) is 0 Å². The van der Waals surface area contributed by atoms with Crippen LogP contribution in [0.4, 0.5) is 0 Å². The van der Waals surface area contributed by atoms with Crippen molar-refractivity contribution in [2.75, 3.05) is 13.7 Å². The van der Waals surface area contributed by atoms with E-state index in [-0.39, 0.29) is 37.2 Å². The van der Waals surface area contributed by atoms with Crippen LogP contribution in [0.3, 0.4) is 0 Å². The van der Waals surface area contributed by atoms with Crippen molar-refractivity contribution in [1.82, 2.24) is 4.90 Å². The van der Waals surface area contributed by atoms with Crippen LogP contribution in [0, 0.1) is 0 Å². The van der Waals surface area contributed by atoms with E-state index in [0.717, 1.165) is 4.90 Å². The lowest BCUT2D eigenvalue weighted by atomic mass is 10.1. The number of fused-ring (bicyclic) bond motifs is 1. The molecule has 0 bridgehead atoms. The lowest BCUT2D eigenvalue weighted by Gasteiger charge is -2.14. The Hall–Kier alpha value is -3.48. The molecule has 0 aromatic heterocycles. The van der Waals surface area contributed by atoms with E-state index in [4.69, 9.17) is 9.47 Å². The van der Waals surface area contributed by atoms with E-state index in [2.05, 4.69) is 0 Å². The summed E-state index contributed by atoms with van der Waals surface area (Å²) in [6.45, 7) is 1.57. The zero-order valence-corrected chi connectivity index (χ0v) is 16.3. The summed E-state index contributed by atoms with van der Waals surface area (Å²) in [4.78, 5) is 49.3. The molecule has 2 aromatic rings. The molecule has 0 saturated carbocycles. The molecule has 2 amide bonds. The van der Waals surface area contributed by atoms with Crippen molar-refractivity contribution in [3.05, 3.63) is 64.7 Å². The topological polar surface area (TPSA) is 90.0 Å². The van der Waals surface area contributed by atoms with E-state index in [1.165, 1.54) is 14.0 Å². The van der Waals surface area contributed by atoms with Crippen LogP contribution in [-0.2, 0) is 16.1 Å². The quantitative estimate of drug-likeness (QED) is 0.388. The summed E-state index contributed by atoms with van der Waals surface area (Å²) in [5, 5.41) is 0. The highest BCUT2D eigenvalue weighted by atomic mass is 16.5. The fraction of sp³-hybridized carbons (Fsp3) is 0.273. The molecule has 2 aromatic carbocycles. The van der Waals surface area contributed by atoms with Gasteiger partial charge in [-0.3, -0.25) is 24.1 Å². The highest BCUT2D eigenvalue weighted by Gasteiger charge is 2.34. The summed E-state index contributed by atoms with van der Waals surface area (Å²) in [7, 11) is 1.50. The number of carbonyl (C=O) groups is 4. The monoisotopic (exact) mass is 395 g/mol. The molecule has 0 saturated heterocycles. The molecular weight excluding hydrogens is 374 g/mol. The van der Waals surface area contributed by atoms with Crippen LogP contribution < -0.4 is 4.74 Å². The third-order valence-corrected chi connectivity index (χ3v) is 4.72. The molecule has 1 aliphatic heterocycles. The Morgan fingerprint density at radius 3 is 2.24 bits per heavy atom. The van der Waals surface area contributed by atoms with Crippen molar-refractivity contribution < 1.29 is 28.7 Å². The third kappa shape index (κ3) is 4.34. The molecule has 0 atom stereocenters. The van der Waals surface area contributed by atoms with Crippen molar-refractivity contribution >= 4 is 23.6 Å². The van der Waals surface area contributed by atoms with E-state index in [1.807, 2.05) is 0 Å². The Labute approximate surface area is 168 Å². The molecule has 1 heterocycles. The second-order valence-electron chi connectivity index (χ2n) is 6.65. The van der Waals surface area contributed by atoms with Gasteiger partial charge in [0, 0.05) is 24.1 Å². The van der Waals surface area contributed by atoms with Gasteiger partial charge in [-0.2, -0.15) is 0 Å². The first-order chi connectivity index (χ1) is 13.9. The number of hydrogen-bond acceptors (Lipinski definition) is 6. The number of amides is 2. The summed E-state index contributed by atoms with van der Waals surface area (Å²) in [6.07, 6.45) is 0.358. The molecule has 0 N–H and O–H groups in total. The van der Waals surface area contributed by atoms with Crippen molar-refractivity contribution in [1.29, 1.82) is 0 Å². The number of Topliss-reactive ketones (excluding diaryl/α,β-unsaturated/α-hetero) is 1. The number of ether oxygens (including phenoxy) is 2. The number of carbonyl (C=O) groups excluding carboxylic acids is 4. The van der Waals surface area contributed by atoms with Gasteiger partial charge in [-0.1, -0.05) is 12.1 Å². The first-order valence-electron chi connectivity index (χ1n) is 9.21. The predicted octanol–water partition coefficient (Wildman–Crippen LogP) is 3.02. The minimum atomic E-state index is -0.461. The number of rotatable bonds is 8.